The van der Waals surface area contributed by atoms with E-state index >= 15 is 0 Å². The first kappa shape index (κ1) is 23.3. The predicted molar refractivity (Wildman–Crippen MR) is 139 cm³/mol. The van der Waals surface area contributed by atoms with Gasteiger partial charge >= 0.3 is 0 Å². The quantitative estimate of drug-likeness (QED) is 0.314. The fourth-order valence-electron chi connectivity index (χ4n) is 4.28. The first-order chi connectivity index (χ1) is 15.5. The fraction of sp³-hybridized carbons (Fsp3) is 0.200. The number of benzene rings is 2. The summed E-state index contributed by atoms with van der Waals surface area (Å²) in [5, 5.41) is 9.64. The molecule has 6 nitrogen and oxygen atoms in total. The maximum absolute atomic E-state index is 13.2. The molecule has 0 spiro atoms. The molecule has 0 unspecified atom stereocenters. The molecule has 5 rings (SSSR count). The molecule has 0 amide bonds. The summed E-state index contributed by atoms with van der Waals surface area (Å²) in [5.74, 6) is 0. The van der Waals surface area contributed by atoms with Gasteiger partial charge in [-0.1, -0.05) is 34.1 Å². The zero-order chi connectivity index (χ0) is 22.4. The number of aromatic nitrogens is 4. The van der Waals surface area contributed by atoms with Crippen LogP contribution in [0.25, 0.3) is 44.3 Å². The van der Waals surface area contributed by atoms with E-state index in [1.165, 1.54) is 0 Å². The van der Waals surface area contributed by atoms with Gasteiger partial charge in [-0.2, -0.15) is 5.10 Å². The number of H-pyrrole nitrogens is 1. The Labute approximate surface area is 205 Å². The second kappa shape index (κ2) is 9.17. The largest absolute Gasteiger partial charge is 0.375 e. The Morgan fingerprint density at radius 3 is 2.42 bits per heavy atom. The lowest BCUT2D eigenvalue weighted by Crippen LogP contribution is -2.20. The van der Waals surface area contributed by atoms with E-state index in [2.05, 4.69) is 48.9 Å². The van der Waals surface area contributed by atoms with Crippen molar-refractivity contribution in [2.24, 2.45) is 14.1 Å². The number of hydrogen-bond acceptors (Lipinski definition) is 3. The highest BCUT2D eigenvalue weighted by Gasteiger charge is 2.17. The molecule has 0 aliphatic rings. The molecule has 0 radical (unpaired) electrons. The highest BCUT2D eigenvalue weighted by Crippen LogP contribution is 2.33. The average Bonchev–Trinajstić information content (AvgIpc) is 3.38. The van der Waals surface area contributed by atoms with Gasteiger partial charge in [0.05, 0.1) is 23.5 Å². The van der Waals surface area contributed by atoms with Crippen LogP contribution in [0.4, 0.5) is 0 Å². The number of fused-ring (bicyclic) bond motifs is 3. The molecule has 3 aromatic heterocycles. The van der Waals surface area contributed by atoms with Crippen molar-refractivity contribution in [1.29, 1.82) is 0 Å². The molecule has 33 heavy (non-hydrogen) atoms. The van der Waals surface area contributed by atoms with Gasteiger partial charge in [-0.25, -0.2) is 0 Å². The molecule has 0 aliphatic heterocycles. The van der Waals surface area contributed by atoms with Crippen LogP contribution in [-0.2, 0) is 25.4 Å². The summed E-state index contributed by atoms with van der Waals surface area (Å²) in [6.45, 7) is 3.15. The molecule has 1 N–H and O–H groups in total. The smallest absolute Gasteiger partial charge is 0.259 e. The predicted octanol–water partition coefficient (Wildman–Crippen LogP) is 5.81. The first-order valence-electron chi connectivity index (χ1n) is 10.5. The Bertz CT molecular complexity index is 1520. The Morgan fingerprint density at radius 1 is 0.970 bits per heavy atom. The Morgan fingerprint density at radius 2 is 1.70 bits per heavy atom. The highest BCUT2D eigenvalue weighted by atomic mass is 79.9. The molecule has 2 aromatic carbocycles. The van der Waals surface area contributed by atoms with Crippen molar-refractivity contribution in [2.45, 2.75) is 13.5 Å². The minimum Gasteiger partial charge on any atom is -0.375 e. The van der Waals surface area contributed by atoms with Crippen LogP contribution in [0.5, 0.6) is 0 Å². The van der Waals surface area contributed by atoms with Crippen LogP contribution in [-0.4, -0.2) is 25.9 Å². The third-order valence-electron chi connectivity index (χ3n) is 5.89. The molecule has 0 saturated heterocycles. The van der Waals surface area contributed by atoms with E-state index < -0.39 is 0 Å². The molecular weight excluding hydrogens is 504 g/mol. The van der Waals surface area contributed by atoms with Crippen molar-refractivity contribution in [3.05, 3.63) is 75.1 Å². The van der Waals surface area contributed by atoms with Crippen LogP contribution in [0.15, 0.2) is 63.9 Å². The lowest BCUT2D eigenvalue weighted by molar-refractivity contribution is 0.131. The van der Waals surface area contributed by atoms with Gasteiger partial charge in [0.2, 0.25) is 0 Å². The Kier molecular flexibility index (Phi) is 6.47. The van der Waals surface area contributed by atoms with Crippen LogP contribution in [0.1, 0.15) is 12.6 Å². The lowest BCUT2D eigenvalue weighted by Gasteiger charge is -2.08. The maximum atomic E-state index is 13.2. The van der Waals surface area contributed by atoms with Crippen LogP contribution in [0.2, 0.25) is 0 Å². The van der Waals surface area contributed by atoms with Gasteiger partial charge in [0.15, 0.2) is 0 Å². The number of rotatable bonds is 5. The van der Waals surface area contributed by atoms with Crippen molar-refractivity contribution in [1.82, 2.24) is 19.3 Å². The van der Waals surface area contributed by atoms with Crippen LogP contribution >= 0.6 is 28.3 Å². The van der Waals surface area contributed by atoms with E-state index in [-0.39, 0.29) is 18.0 Å². The monoisotopic (exact) mass is 526 g/mol. The van der Waals surface area contributed by atoms with E-state index in [1.807, 2.05) is 57.4 Å². The van der Waals surface area contributed by atoms with Crippen molar-refractivity contribution in [2.75, 3.05) is 6.61 Å². The molecule has 0 saturated carbocycles. The van der Waals surface area contributed by atoms with Gasteiger partial charge in [-0.05, 0) is 48.9 Å². The van der Waals surface area contributed by atoms with Gasteiger partial charge in [0, 0.05) is 47.1 Å². The summed E-state index contributed by atoms with van der Waals surface area (Å²) in [5.41, 5.74) is 6.36. The third-order valence-corrected chi connectivity index (χ3v) is 6.42. The molecule has 0 fully saturated rings. The van der Waals surface area contributed by atoms with E-state index in [9.17, 15) is 4.79 Å². The molecule has 0 bridgehead atoms. The molecular formula is C25H24BrClN4O2. The van der Waals surface area contributed by atoms with Crippen LogP contribution in [0.3, 0.4) is 0 Å². The zero-order valence-corrected chi connectivity index (χ0v) is 21.0. The number of aromatic amines is 1. The minimum atomic E-state index is -0.0150. The fourth-order valence-corrected chi connectivity index (χ4v) is 4.55. The summed E-state index contributed by atoms with van der Waals surface area (Å²) in [4.78, 5) is 13.2. The molecule has 0 atom stereocenters. The van der Waals surface area contributed by atoms with Gasteiger partial charge in [0.1, 0.15) is 5.65 Å². The SMILES string of the molecule is CCOCc1cc(-c2ccc3c(c2)c2cc(-c4ccc(Br)cc4)c(=O)n(C)c2n3C)n[nH]1.Cl. The number of aryl methyl sites for hydroxylation is 2. The first-order valence-corrected chi connectivity index (χ1v) is 11.3. The van der Waals surface area contributed by atoms with E-state index in [0.29, 0.717) is 18.8 Å². The van der Waals surface area contributed by atoms with Crippen molar-refractivity contribution in [3.63, 3.8) is 0 Å². The number of nitrogens with one attached hydrogen (secondary N) is 1. The zero-order valence-electron chi connectivity index (χ0n) is 18.6. The topological polar surface area (TPSA) is 64.8 Å². The van der Waals surface area contributed by atoms with E-state index in [4.69, 9.17) is 4.74 Å². The van der Waals surface area contributed by atoms with Gasteiger partial charge in [-0.3, -0.25) is 14.5 Å². The number of ether oxygens (including phenoxy) is 1. The maximum Gasteiger partial charge on any atom is 0.259 e. The summed E-state index contributed by atoms with van der Waals surface area (Å²) in [7, 11) is 3.83. The number of hydrogen-bond donors (Lipinski definition) is 1. The Balaban J connectivity index is 0.00000259. The van der Waals surface area contributed by atoms with Crippen LogP contribution < -0.4 is 5.56 Å². The summed E-state index contributed by atoms with van der Waals surface area (Å²) < 4.78 is 10.3. The van der Waals surface area contributed by atoms with Crippen LogP contribution in [0, 0.1) is 0 Å². The third kappa shape index (κ3) is 4.01. The van der Waals surface area contributed by atoms with Crippen molar-refractivity contribution < 1.29 is 4.74 Å². The summed E-state index contributed by atoms with van der Waals surface area (Å²) >= 11 is 3.47. The van der Waals surface area contributed by atoms with E-state index in [0.717, 1.165) is 48.9 Å². The molecule has 3 heterocycles. The molecule has 0 aliphatic carbocycles. The molecule has 170 valence electrons. The normalized spacial score (nSPS) is 11.3. The molecule has 8 heteroatoms. The number of halogens is 2. The number of pyridine rings is 1. The van der Waals surface area contributed by atoms with E-state index in [1.54, 1.807) is 4.57 Å². The number of nitrogens with zero attached hydrogens (tertiary/aromatic N) is 3. The minimum absolute atomic E-state index is 0. The van der Waals surface area contributed by atoms with Gasteiger partial charge in [0.25, 0.3) is 5.56 Å². The standard InChI is InChI=1S/C25H23BrN4O2.ClH/c1-4-32-14-18-12-22(28-27-18)16-7-10-23-20(11-16)21-13-19(15-5-8-17(26)9-6-15)25(31)30(3)24(21)29(23)2;/h5-13H,4,14H2,1-3H3,(H,27,28);1H. The summed E-state index contributed by atoms with van der Waals surface area (Å²) in [6.07, 6.45) is 0. The average molecular weight is 528 g/mol. The molecule has 5 aromatic rings. The lowest BCUT2D eigenvalue weighted by atomic mass is 10.0. The van der Waals surface area contributed by atoms with Gasteiger partial charge < -0.3 is 9.30 Å². The second-order valence-corrected chi connectivity index (χ2v) is 8.79. The van der Waals surface area contributed by atoms with Crippen molar-refractivity contribution in [3.8, 4) is 22.4 Å². The second-order valence-electron chi connectivity index (χ2n) is 7.87. The Hall–Kier alpha value is -2.87. The van der Waals surface area contributed by atoms with Gasteiger partial charge in [-0.15, -0.1) is 12.4 Å². The van der Waals surface area contributed by atoms with Crippen molar-refractivity contribution >= 4 is 50.3 Å². The summed E-state index contributed by atoms with van der Waals surface area (Å²) in [6, 6.07) is 18.2. The highest BCUT2D eigenvalue weighted by molar-refractivity contribution is 9.10.